The fourth-order valence-corrected chi connectivity index (χ4v) is 17.0. The Kier molecular flexibility index (Phi) is 16.5. The number of aliphatic hydroxyl groups excluding tert-OH is 14. The molecule has 23 nitrogen and oxygen atoms in total. The van der Waals surface area contributed by atoms with E-state index in [9.17, 15) is 76.6 Å². The van der Waals surface area contributed by atoms with Gasteiger partial charge >= 0.3 is 0 Å². The van der Waals surface area contributed by atoms with Crippen LogP contribution in [0.25, 0.3) is 0 Å². The van der Waals surface area contributed by atoms with Gasteiger partial charge in [-0.1, -0.05) is 34.6 Å². The lowest BCUT2D eigenvalue weighted by atomic mass is 9.41. The van der Waals surface area contributed by atoms with Crippen molar-refractivity contribution in [2.45, 2.75) is 247 Å². The number of fused-ring (bicyclic) bond motifs is 2. The van der Waals surface area contributed by atoms with Crippen LogP contribution in [0.2, 0.25) is 0 Å². The number of hydrogen-bond donors (Lipinski definition) is 15. The van der Waals surface area contributed by atoms with Crippen molar-refractivity contribution in [2.75, 3.05) is 26.4 Å². The van der Waals surface area contributed by atoms with Crippen molar-refractivity contribution < 1.29 is 114 Å². The normalized spacial score (nSPS) is 54.5. The molecule has 0 radical (unpaired) electrons. The van der Waals surface area contributed by atoms with Gasteiger partial charge in [0.1, 0.15) is 85.5 Å². The van der Waals surface area contributed by atoms with Crippen LogP contribution in [-0.2, 0) is 37.9 Å². The second kappa shape index (κ2) is 21.1. The Labute approximate surface area is 437 Å². The van der Waals surface area contributed by atoms with Gasteiger partial charge in [0.15, 0.2) is 25.2 Å². The first kappa shape index (κ1) is 58.7. The summed E-state index contributed by atoms with van der Waals surface area (Å²) in [5.41, 5.74) is -3.76. The van der Waals surface area contributed by atoms with Crippen LogP contribution < -0.4 is 0 Å². The first-order valence-electron chi connectivity index (χ1n) is 27.3. The molecule has 0 aromatic heterocycles. The molecule has 2 spiro atoms. The highest BCUT2D eigenvalue weighted by molar-refractivity contribution is 5.33. The molecule has 0 bridgehead atoms. The molecule has 15 N–H and O–H groups in total. The van der Waals surface area contributed by atoms with Crippen LogP contribution in [0.1, 0.15) is 106 Å². The van der Waals surface area contributed by atoms with Gasteiger partial charge in [-0.15, -0.1) is 0 Å². The molecule has 5 saturated carbocycles. The molecule has 9 rings (SSSR count). The average molecular weight is 1080 g/mol. The molecule has 9 fully saturated rings. The van der Waals surface area contributed by atoms with Crippen molar-refractivity contribution in [3.63, 3.8) is 0 Å². The Morgan fingerprint density at radius 2 is 1.16 bits per heavy atom. The first-order chi connectivity index (χ1) is 35.0. The first-order valence-corrected chi connectivity index (χ1v) is 27.3. The summed E-state index contributed by atoms with van der Waals surface area (Å²) in [6.45, 7) is 11.9. The molecular weight excluding hydrogens is 993 g/mol. The smallest absolute Gasteiger partial charge is 0.187 e. The maximum atomic E-state index is 12.4. The van der Waals surface area contributed by atoms with Crippen LogP contribution in [0, 0.1) is 50.7 Å². The Morgan fingerprint density at radius 1 is 0.587 bits per heavy atom. The summed E-state index contributed by atoms with van der Waals surface area (Å²) in [6.07, 6.45) is -24.9. The third kappa shape index (κ3) is 9.60. The predicted molar refractivity (Wildman–Crippen MR) is 255 cm³/mol. The van der Waals surface area contributed by atoms with Crippen LogP contribution >= 0.6 is 0 Å². The van der Waals surface area contributed by atoms with E-state index >= 15 is 0 Å². The van der Waals surface area contributed by atoms with Gasteiger partial charge in [-0.3, -0.25) is 0 Å². The minimum absolute atomic E-state index is 0.0412. The second-order valence-electron chi connectivity index (χ2n) is 25.9. The molecule has 4 heterocycles. The molecular formula is C52H88O23. The van der Waals surface area contributed by atoms with Gasteiger partial charge in [0.05, 0.1) is 56.4 Å². The van der Waals surface area contributed by atoms with Gasteiger partial charge in [-0.2, -0.15) is 0 Å². The molecule has 434 valence electrons. The van der Waals surface area contributed by atoms with E-state index in [2.05, 4.69) is 34.6 Å². The minimum atomic E-state index is -1.70. The van der Waals surface area contributed by atoms with Crippen LogP contribution in [0.3, 0.4) is 0 Å². The zero-order valence-electron chi connectivity index (χ0n) is 44.2. The summed E-state index contributed by atoms with van der Waals surface area (Å²) in [5, 5.41) is 162. The highest BCUT2D eigenvalue weighted by atomic mass is 16.8. The highest BCUT2D eigenvalue weighted by Gasteiger charge is 2.85. The maximum absolute atomic E-state index is 12.4. The lowest BCUT2D eigenvalue weighted by Crippen LogP contribution is -2.65. The molecule has 23 heteroatoms. The largest absolute Gasteiger partial charge is 0.394 e. The molecule has 0 amide bonds. The van der Waals surface area contributed by atoms with Gasteiger partial charge in [0.25, 0.3) is 0 Å². The van der Waals surface area contributed by atoms with Gasteiger partial charge in [0.2, 0.25) is 0 Å². The van der Waals surface area contributed by atoms with E-state index in [0.29, 0.717) is 32.1 Å². The molecule has 30 atom stereocenters. The van der Waals surface area contributed by atoms with Crippen molar-refractivity contribution in [3.05, 3.63) is 0 Å². The maximum Gasteiger partial charge on any atom is 0.187 e. The Hall–Kier alpha value is -0.920. The van der Waals surface area contributed by atoms with E-state index in [1.165, 1.54) is 0 Å². The molecule has 9 aliphatic rings. The highest BCUT2D eigenvalue weighted by Crippen LogP contribution is 2.89. The van der Waals surface area contributed by atoms with Gasteiger partial charge < -0.3 is 114 Å². The Morgan fingerprint density at radius 3 is 1.77 bits per heavy atom. The van der Waals surface area contributed by atoms with E-state index in [1.54, 1.807) is 13.8 Å². The van der Waals surface area contributed by atoms with Gasteiger partial charge in [-0.05, 0) is 122 Å². The van der Waals surface area contributed by atoms with E-state index in [0.717, 1.165) is 19.3 Å². The quantitative estimate of drug-likeness (QED) is 0.0720. The van der Waals surface area contributed by atoms with E-state index in [-0.39, 0.29) is 54.1 Å². The Balaban J connectivity index is 0.987. The lowest BCUT2D eigenvalue weighted by Gasteiger charge is -2.65. The van der Waals surface area contributed by atoms with Gasteiger partial charge in [0, 0.05) is 0 Å². The number of rotatable bonds is 15. The fourth-order valence-electron chi connectivity index (χ4n) is 17.0. The van der Waals surface area contributed by atoms with Crippen molar-refractivity contribution >= 4 is 0 Å². The topological polar surface area (TPSA) is 377 Å². The third-order valence-electron chi connectivity index (χ3n) is 21.1. The second-order valence-corrected chi connectivity index (χ2v) is 25.9. The van der Waals surface area contributed by atoms with Crippen molar-refractivity contribution in [1.82, 2.24) is 0 Å². The summed E-state index contributed by atoms with van der Waals surface area (Å²) in [6, 6.07) is 0. The van der Waals surface area contributed by atoms with E-state index < -0.39 is 170 Å². The Bertz CT molecular complexity index is 1960. The number of hydrogen-bond acceptors (Lipinski definition) is 23. The summed E-state index contributed by atoms with van der Waals surface area (Å²) >= 11 is 0. The zero-order valence-corrected chi connectivity index (χ0v) is 44.2. The lowest BCUT2D eigenvalue weighted by molar-refractivity contribution is -0.360. The predicted octanol–water partition coefficient (Wildman–Crippen LogP) is -3.15. The van der Waals surface area contributed by atoms with Crippen molar-refractivity contribution in [3.8, 4) is 0 Å². The molecule has 4 saturated heterocycles. The third-order valence-corrected chi connectivity index (χ3v) is 21.1. The number of aliphatic hydroxyl groups is 15. The molecule has 5 aliphatic carbocycles. The van der Waals surface area contributed by atoms with Crippen molar-refractivity contribution in [1.29, 1.82) is 0 Å². The summed E-state index contributed by atoms with van der Waals surface area (Å²) in [4.78, 5) is 0. The summed E-state index contributed by atoms with van der Waals surface area (Å²) in [5.74, 6) is -0.705. The minimum Gasteiger partial charge on any atom is -0.394 e. The van der Waals surface area contributed by atoms with E-state index in [1.807, 2.05) is 0 Å². The SMILES string of the molecule is C[C@H](CC[C@@H](O[C@@H]1O[C@H](CO)[C@H](O)[C@H](O)[C@H]1O)C(C)(C)O)[C@H]1[C@@H](O)C[C@@]2(C)[C@@H]3C[C@H](O[C@@H]4O[C@H](CO)[C@H](O)[C@H](O)[C@H]4O)[C@H]4C(C)(C)[C@@H](O[C@@H]5OC[C@@H](O)[C@H](O)[C@H]5O[C@@H]5OC[C@H](O)[C@@H](O)[C@H]5O)CC[C@@]45C[C@@]35CC[C@]12C. The summed E-state index contributed by atoms with van der Waals surface area (Å²) < 4.78 is 49.2. The monoisotopic (exact) mass is 1080 g/mol. The zero-order chi connectivity index (χ0) is 54.9. The van der Waals surface area contributed by atoms with Crippen molar-refractivity contribution in [2.24, 2.45) is 50.7 Å². The van der Waals surface area contributed by atoms with Crippen LogP contribution in [0.5, 0.6) is 0 Å². The van der Waals surface area contributed by atoms with Crippen LogP contribution in [0.4, 0.5) is 0 Å². The molecule has 75 heavy (non-hydrogen) atoms. The molecule has 4 aliphatic heterocycles. The van der Waals surface area contributed by atoms with E-state index in [4.69, 9.17) is 37.9 Å². The molecule has 0 unspecified atom stereocenters. The number of ether oxygens (including phenoxy) is 8. The van der Waals surface area contributed by atoms with Gasteiger partial charge in [-0.25, -0.2) is 0 Å². The standard InChI is InChI=1S/C52H88O23/c1-21(8-9-30(48(4,5)67)74-45-40(66)37(63)35(61)27(17-54)72-45)31-22(55)15-50(7)28-14-25(70-44-39(65)36(62)34(60)26(16-53)71-44)42-47(2,3)29(10-11-52(42)20-51(28,52)13-12-49(31,50)6)73-46-41(33(59)24(57)19-69-46)75-43-38(64)32(58)23(56)18-68-43/h21-46,53-67H,8-20H2,1-7H3/t21-,22+,23+,24-,25+,26-,27-,28+,29+,30-,31+,32-,33+,34+,35+,36+,37+,38-,39-,40-,41-,42+,43+,44-,45+,46+,49-,50+,51+,52-/m1/s1. The molecule has 0 aromatic carbocycles. The fraction of sp³-hybridized carbons (Fsp3) is 1.00. The average Bonchev–Trinajstić information content (AvgIpc) is 4.10. The molecule has 0 aromatic rings. The summed E-state index contributed by atoms with van der Waals surface area (Å²) in [7, 11) is 0. The van der Waals surface area contributed by atoms with Crippen LogP contribution in [-0.4, -0.2) is 244 Å². The van der Waals surface area contributed by atoms with Crippen LogP contribution in [0.15, 0.2) is 0 Å².